The second kappa shape index (κ2) is 7.90. The molecular formula is C16H28O2S2. The van der Waals surface area contributed by atoms with Gasteiger partial charge in [0.2, 0.25) is 0 Å². The topological polar surface area (TPSA) is 37.3 Å². The molecule has 0 spiro atoms. The van der Waals surface area contributed by atoms with E-state index in [2.05, 4.69) is 0 Å². The average molecular weight is 317 g/mol. The Balaban J connectivity index is 2.75. The van der Waals surface area contributed by atoms with Gasteiger partial charge in [0.25, 0.3) is 0 Å². The fourth-order valence-corrected chi connectivity index (χ4v) is 5.90. The van der Waals surface area contributed by atoms with Crippen LogP contribution in [0.4, 0.5) is 0 Å². The highest BCUT2D eigenvalue weighted by Gasteiger charge is 2.42. The highest BCUT2D eigenvalue weighted by molar-refractivity contribution is 8.17. The number of thioether (sulfide) groups is 2. The zero-order valence-electron chi connectivity index (χ0n) is 13.3. The standard InChI is InChI=1S/C16H28O2S2/c1-6-8-11(2)13(17)12(3)14(18)16(4,5)15-19-9-7-10-20-15/h6,8,11-13,15,17H,7,9-10H2,1-5H3/b8-6+/t11-,12+,13-/m0/s1. The van der Waals surface area contributed by atoms with Crippen LogP contribution in [0.2, 0.25) is 0 Å². The van der Waals surface area contributed by atoms with E-state index in [4.69, 9.17) is 0 Å². The van der Waals surface area contributed by atoms with Crippen molar-refractivity contribution in [3.05, 3.63) is 12.2 Å². The summed E-state index contributed by atoms with van der Waals surface area (Å²) in [7, 11) is 0. The second-order valence-corrected chi connectivity index (χ2v) is 8.90. The largest absolute Gasteiger partial charge is 0.392 e. The number of hydrogen-bond acceptors (Lipinski definition) is 4. The molecule has 1 fully saturated rings. The van der Waals surface area contributed by atoms with E-state index < -0.39 is 6.10 Å². The molecule has 3 atom stereocenters. The third-order valence-electron chi connectivity index (χ3n) is 4.01. The molecule has 0 aliphatic carbocycles. The lowest BCUT2D eigenvalue weighted by molar-refractivity contribution is -0.134. The summed E-state index contributed by atoms with van der Waals surface area (Å²) in [6.07, 6.45) is 4.53. The van der Waals surface area contributed by atoms with E-state index in [-0.39, 0.29) is 23.0 Å². The van der Waals surface area contributed by atoms with Gasteiger partial charge in [-0.15, -0.1) is 23.5 Å². The van der Waals surface area contributed by atoms with Gasteiger partial charge in [0.05, 0.1) is 10.7 Å². The van der Waals surface area contributed by atoms with Gasteiger partial charge in [-0.25, -0.2) is 0 Å². The summed E-state index contributed by atoms with van der Waals surface area (Å²) in [5.41, 5.74) is -0.383. The zero-order valence-corrected chi connectivity index (χ0v) is 14.9. The van der Waals surface area contributed by atoms with Gasteiger partial charge in [-0.3, -0.25) is 4.79 Å². The molecule has 0 aromatic rings. The first kappa shape index (κ1) is 18.1. The van der Waals surface area contributed by atoms with Crippen molar-refractivity contribution in [3.63, 3.8) is 0 Å². The van der Waals surface area contributed by atoms with E-state index in [1.54, 1.807) is 0 Å². The van der Waals surface area contributed by atoms with Crippen LogP contribution in [-0.2, 0) is 4.79 Å². The number of carbonyl (C=O) groups excluding carboxylic acids is 1. The SMILES string of the molecule is C/C=C/[C@H](C)[C@H](O)[C@@H](C)C(=O)C(C)(C)C1SCCCS1. The maximum Gasteiger partial charge on any atom is 0.145 e. The molecule has 1 N–H and O–H groups in total. The number of rotatable bonds is 6. The summed E-state index contributed by atoms with van der Waals surface area (Å²) < 4.78 is 0.315. The van der Waals surface area contributed by atoms with Crippen LogP contribution in [-0.4, -0.2) is 33.1 Å². The van der Waals surface area contributed by atoms with Crippen LogP contribution in [0.1, 0.15) is 41.0 Å². The molecule has 0 saturated carbocycles. The van der Waals surface area contributed by atoms with Gasteiger partial charge in [-0.2, -0.15) is 0 Å². The third-order valence-corrected chi connectivity index (χ3v) is 7.66. The van der Waals surface area contributed by atoms with Crippen molar-refractivity contribution >= 4 is 29.3 Å². The maximum absolute atomic E-state index is 12.8. The minimum atomic E-state index is -0.600. The predicted octanol–water partition coefficient (Wildman–Crippen LogP) is 3.99. The number of Topliss-reactive ketones (excluding diaryl/α,β-unsaturated/α-hetero) is 1. The number of ketones is 1. The number of aliphatic hydroxyl groups excluding tert-OH is 1. The van der Waals surface area contributed by atoms with Crippen molar-refractivity contribution in [3.8, 4) is 0 Å². The highest BCUT2D eigenvalue weighted by Crippen LogP contribution is 2.44. The molecular weight excluding hydrogens is 288 g/mol. The van der Waals surface area contributed by atoms with Crippen LogP contribution >= 0.6 is 23.5 Å². The average Bonchev–Trinajstić information content (AvgIpc) is 2.46. The molecule has 1 rings (SSSR count). The van der Waals surface area contributed by atoms with Crippen molar-refractivity contribution in [2.75, 3.05) is 11.5 Å². The Morgan fingerprint density at radius 1 is 1.30 bits per heavy atom. The molecule has 1 saturated heterocycles. The Hall–Kier alpha value is 0.0700. The smallest absolute Gasteiger partial charge is 0.145 e. The molecule has 1 heterocycles. The Morgan fingerprint density at radius 3 is 2.35 bits per heavy atom. The Morgan fingerprint density at radius 2 is 1.85 bits per heavy atom. The number of aliphatic hydroxyl groups is 1. The molecule has 0 radical (unpaired) electrons. The van der Waals surface area contributed by atoms with E-state index in [9.17, 15) is 9.90 Å². The summed E-state index contributed by atoms with van der Waals surface area (Å²) in [5.74, 6) is 2.16. The number of allylic oxidation sites excluding steroid dienone is 1. The summed E-state index contributed by atoms with van der Waals surface area (Å²) >= 11 is 3.79. The number of hydrogen-bond donors (Lipinski definition) is 1. The van der Waals surface area contributed by atoms with Crippen LogP contribution in [0, 0.1) is 17.3 Å². The van der Waals surface area contributed by atoms with Crippen LogP contribution < -0.4 is 0 Å². The van der Waals surface area contributed by atoms with Gasteiger partial charge >= 0.3 is 0 Å². The van der Waals surface area contributed by atoms with Gasteiger partial charge in [-0.05, 0) is 24.9 Å². The maximum atomic E-state index is 12.8. The lowest BCUT2D eigenvalue weighted by atomic mass is 9.78. The summed E-state index contributed by atoms with van der Waals surface area (Å²) in [5, 5.41) is 10.4. The van der Waals surface area contributed by atoms with Crippen LogP contribution in [0.15, 0.2) is 12.2 Å². The van der Waals surface area contributed by atoms with Crippen LogP contribution in [0.25, 0.3) is 0 Å². The van der Waals surface area contributed by atoms with Crippen molar-refractivity contribution in [2.45, 2.75) is 51.7 Å². The zero-order chi connectivity index (χ0) is 15.3. The second-order valence-electron chi connectivity index (χ2n) is 6.18. The van der Waals surface area contributed by atoms with Crippen molar-refractivity contribution in [1.82, 2.24) is 0 Å². The van der Waals surface area contributed by atoms with Gasteiger partial charge in [-0.1, -0.05) is 39.8 Å². The third kappa shape index (κ3) is 4.28. The fraction of sp³-hybridized carbons (Fsp3) is 0.812. The van der Waals surface area contributed by atoms with Gasteiger partial charge in [0, 0.05) is 17.3 Å². The minimum absolute atomic E-state index is 0.0152. The Kier molecular flexibility index (Phi) is 7.16. The van der Waals surface area contributed by atoms with Crippen molar-refractivity contribution in [1.29, 1.82) is 0 Å². The number of carbonyl (C=O) groups is 1. The van der Waals surface area contributed by atoms with Crippen molar-refractivity contribution < 1.29 is 9.90 Å². The molecule has 2 nitrogen and oxygen atoms in total. The summed E-state index contributed by atoms with van der Waals surface area (Å²) in [4.78, 5) is 12.8. The lowest BCUT2D eigenvalue weighted by Crippen LogP contribution is -2.43. The van der Waals surface area contributed by atoms with Gasteiger partial charge in [0.1, 0.15) is 5.78 Å². The Bertz CT molecular complexity index is 346. The summed E-state index contributed by atoms with van der Waals surface area (Å²) in [6.45, 7) is 9.84. The Labute approximate surface area is 132 Å². The van der Waals surface area contributed by atoms with E-state index in [1.165, 1.54) is 6.42 Å². The first-order valence-corrected chi connectivity index (χ1v) is 9.50. The summed E-state index contributed by atoms with van der Waals surface area (Å²) in [6, 6.07) is 0. The fourth-order valence-electron chi connectivity index (χ4n) is 2.64. The monoisotopic (exact) mass is 316 g/mol. The van der Waals surface area contributed by atoms with E-state index in [0.29, 0.717) is 4.58 Å². The highest BCUT2D eigenvalue weighted by atomic mass is 32.2. The normalized spacial score (nSPS) is 22.7. The molecule has 0 bridgehead atoms. The first-order chi connectivity index (χ1) is 9.32. The van der Waals surface area contributed by atoms with E-state index in [0.717, 1.165) is 11.5 Å². The van der Waals surface area contributed by atoms with Gasteiger partial charge < -0.3 is 5.11 Å². The van der Waals surface area contributed by atoms with Gasteiger partial charge in [0.15, 0.2) is 0 Å². The molecule has 4 heteroatoms. The molecule has 1 aliphatic heterocycles. The molecule has 0 unspecified atom stereocenters. The van der Waals surface area contributed by atoms with E-state index >= 15 is 0 Å². The molecule has 20 heavy (non-hydrogen) atoms. The van der Waals surface area contributed by atoms with Crippen LogP contribution in [0.3, 0.4) is 0 Å². The van der Waals surface area contributed by atoms with E-state index in [1.807, 2.05) is 70.3 Å². The van der Waals surface area contributed by atoms with Crippen LogP contribution in [0.5, 0.6) is 0 Å². The molecule has 1 aliphatic rings. The quantitative estimate of drug-likeness (QED) is 0.752. The minimum Gasteiger partial charge on any atom is -0.392 e. The predicted molar refractivity (Wildman–Crippen MR) is 91.3 cm³/mol. The molecule has 0 aromatic carbocycles. The molecule has 0 aromatic heterocycles. The lowest BCUT2D eigenvalue weighted by Gasteiger charge is -2.37. The first-order valence-electron chi connectivity index (χ1n) is 7.40. The van der Waals surface area contributed by atoms with Crippen molar-refractivity contribution in [2.24, 2.45) is 17.3 Å². The molecule has 116 valence electrons. The molecule has 0 amide bonds.